The Bertz CT molecular complexity index is 230. The van der Waals surface area contributed by atoms with Crippen LogP contribution in [0.3, 0.4) is 0 Å². The highest BCUT2D eigenvalue weighted by Crippen LogP contribution is 2.14. The van der Waals surface area contributed by atoms with Crippen LogP contribution in [0.2, 0.25) is 0 Å². The first-order valence-electron chi connectivity index (χ1n) is 10.9. The first-order chi connectivity index (χ1) is 11.9. The van der Waals surface area contributed by atoms with E-state index in [1.807, 2.05) is 0 Å². The van der Waals surface area contributed by atoms with E-state index >= 15 is 0 Å². The van der Waals surface area contributed by atoms with Crippen molar-refractivity contribution in [2.24, 2.45) is 0 Å². The van der Waals surface area contributed by atoms with Crippen molar-refractivity contribution >= 4 is 18.0 Å². The minimum Gasteiger partial charge on any atom is -0.303 e. The SMILES string of the molecule is CCCCCCCCCCCCCCSCCCCCCCC=O. The summed E-state index contributed by atoms with van der Waals surface area (Å²) < 4.78 is 0. The number of hydrogen-bond acceptors (Lipinski definition) is 2. The largest absolute Gasteiger partial charge is 0.303 e. The van der Waals surface area contributed by atoms with Crippen molar-refractivity contribution in [3.63, 3.8) is 0 Å². The molecule has 0 aromatic heterocycles. The third-order valence-electron chi connectivity index (χ3n) is 4.75. The van der Waals surface area contributed by atoms with Crippen LogP contribution in [0.25, 0.3) is 0 Å². The maximum absolute atomic E-state index is 10.2. The van der Waals surface area contributed by atoms with Gasteiger partial charge in [0.1, 0.15) is 6.29 Å². The van der Waals surface area contributed by atoms with Crippen molar-refractivity contribution in [2.45, 2.75) is 122 Å². The van der Waals surface area contributed by atoms with E-state index in [4.69, 9.17) is 0 Å². The Kier molecular flexibility index (Phi) is 23.0. The Morgan fingerprint density at radius 1 is 0.542 bits per heavy atom. The molecule has 0 N–H and O–H groups in total. The lowest BCUT2D eigenvalue weighted by atomic mass is 10.1. The van der Waals surface area contributed by atoms with E-state index in [1.165, 1.54) is 114 Å². The van der Waals surface area contributed by atoms with E-state index in [0.29, 0.717) is 0 Å². The van der Waals surface area contributed by atoms with E-state index in [0.717, 1.165) is 19.1 Å². The average molecular weight is 357 g/mol. The monoisotopic (exact) mass is 356 g/mol. The number of rotatable bonds is 21. The highest BCUT2D eigenvalue weighted by atomic mass is 32.2. The number of carbonyl (C=O) groups is 1. The Hall–Kier alpha value is 0.0200. The van der Waals surface area contributed by atoms with Crippen LogP contribution >= 0.6 is 11.8 Å². The van der Waals surface area contributed by atoms with E-state index < -0.39 is 0 Å². The molecule has 0 radical (unpaired) electrons. The summed E-state index contributed by atoms with van der Waals surface area (Å²) in [6, 6.07) is 0. The summed E-state index contributed by atoms with van der Waals surface area (Å²) in [4.78, 5) is 10.2. The van der Waals surface area contributed by atoms with Crippen LogP contribution in [-0.4, -0.2) is 17.8 Å². The summed E-state index contributed by atoms with van der Waals surface area (Å²) in [5, 5.41) is 0. The number of hydrogen-bond donors (Lipinski definition) is 0. The molecule has 0 rings (SSSR count). The second-order valence-corrected chi connectivity index (χ2v) is 8.45. The van der Waals surface area contributed by atoms with Crippen LogP contribution in [0.15, 0.2) is 0 Å². The Labute approximate surface area is 157 Å². The molecule has 0 saturated carbocycles. The molecule has 0 aliphatic heterocycles. The summed E-state index contributed by atoms with van der Waals surface area (Å²) in [7, 11) is 0. The molecule has 144 valence electrons. The Morgan fingerprint density at radius 2 is 0.917 bits per heavy atom. The Balaban J connectivity index is 2.94. The molecule has 24 heavy (non-hydrogen) atoms. The number of thioether (sulfide) groups is 1. The van der Waals surface area contributed by atoms with Crippen molar-refractivity contribution in [3.05, 3.63) is 0 Å². The van der Waals surface area contributed by atoms with Gasteiger partial charge in [0.05, 0.1) is 0 Å². The summed E-state index contributed by atoms with van der Waals surface area (Å²) in [5.41, 5.74) is 0. The number of aldehydes is 1. The van der Waals surface area contributed by atoms with E-state index in [-0.39, 0.29) is 0 Å². The molecule has 0 heterocycles. The van der Waals surface area contributed by atoms with Crippen LogP contribution < -0.4 is 0 Å². The molecule has 1 nitrogen and oxygen atoms in total. The second-order valence-electron chi connectivity index (χ2n) is 7.22. The molecule has 0 aliphatic carbocycles. The number of carbonyl (C=O) groups excluding carboxylic acids is 1. The van der Waals surface area contributed by atoms with Gasteiger partial charge in [-0.3, -0.25) is 0 Å². The van der Waals surface area contributed by atoms with Gasteiger partial charge in [0.15, 0.2) is 0 Å². The van der Waals surface area contributed by atoms with Crippen molar-refractivity contribution in [2.75, 3.05) is 11.5 Å². The van der Waals surface area contributed by atoms with Crippen molar-refractivity contribution in [1.82, 2.24) is 0 Å². The zero-order chi connectivity index (χ0) is 17.6. The summed E-state index contributed by atoms with van der Waals surface area (Å²) in [5.74, 6) is 2.70. The maximum atomic E-state index is 10.2. The van der Waals surface area contributed by atoms with Gasteiger partial charge in [0.2, 0.25) is 0 Å². The molecular formula is C22H44OS. The number of unbranched alkanes of at least 4 members (excludes halogenated alkanes) is 16. The molecule has 0 amide bonds. The van der Waals surface area contributed by atoms with E-state index in [2.05, 4.69) is 18.7 Å². The van der Waals surface area contributed by atoms with Crippen LogP contribution in [0.1, 0.15) is 122 Å². The van der Waals surface area contributed by atoms with Gasteiger partial charge in [0.25, 0.3) is 0 Å². The molecule has 0 aliphatic rings. The minimum atomic E-state index is 0.758. The molecule has 0 aromatic rings. The van der Waals surface area contributed by atoms with Crippen LogP contribution in [0, 0.1) is 0 Å². The zero-order valence-corrected chi connectivity index (χ0v) is 17.4. The predicted molar refractivity (Wildman–Crippen MR) is 112 cm³/mol. The summed E-state index contributed by atoms with van der Waals surface area (Å²) in [6.07, 6.45) is 25.5. The highest BCUT2D eigenvalue weighted by molar-refractivity contribution is 7.99. The van der Waals surface area contributed by atoms with Crippen LogP contribution in [0.4, 0.5) is 0 Å². The molecule has 0 atom stereocenters. The van der Waals surface area contributed by atoms with Crippen molar-refractivity contribution < 1.29 is 4.79 Å². The quantitative estimate of drug-likeness (QED) is 0.153. The molecule has 0 fully saturated rings. The summed E-state index contributed by atoms with van der Waals surface area (Å²) >= 11 is 2.15. The minimum absolute atomic E-state index is 0.758. The van der Waals surface area contributed by atoms with Gasteiger partial charge >= 0.3 is 0 Å². The molecular weight excluding hydrogens is 312 g/mol. The first-order valence-corrected chi connectivity index (χ1v) is 12.1. The lowest BCUT2D eigenvalue weighted by Gasteiger charge is -2.04. The smallest absolute Gasteiger partial charge is 0.119 e. The van der Waals surface area contributed by atoms with E-state index in [9.17, 15) is 4.79 Å². The van der Waals surface area contributed by atoms with Gasteiger partial charge in [-0.1, -0.05) is 96.8 Å². The van der Waals surface area contributed by atoms with Gasteiger partial charge < -0.3 is 4.79 Å². The van der Waals surface area contributed by atoms with Gasteiger partial charge in [-0.05, 0) is 30.8 Å². The molecule has 0 aromatic carbocycles. The van der Waals surface area contributed by atoms with Gasteiger partial charge in [-0.15, -0.1) is 0 Å². The topological polar surface area (TPSA) is 17.1 Å². The fourth-order valence-corrected chi connectivity index (χ4v) is 4.13. The molecule has 0 saturated heterocycles. The fourth-order valence-electron chi connectivity index (χ4n) is 3.11. The molecule has 2 heteroatoms. The van der Waals surface area contributed by atoms with Crippen molar-refractivity contribution in [3.8, 4) is 0 Å². The normalized spacial score (nSPS) is 11.0. The lowest BCUT2D eigenvalue weighted by Crippen LogP contribution is -1.87. The first kappa shape index (κ1) is 24.0. The molecule has 0 bridgehead atoms. The fraction of sp³-hybridized carbons (Fsp3) is 0.955. The van der Waals surface area contributed by atoms with Gasteiger partial charge in [-0.25, -0.2) is 0 Å². The van der Waals surface area contributed by atoms with Crippen LogP contribution in [0.5, 0.6) is 0 Å². The molecule has 0 unspecified atom stereocenters. The third-order valence-corrected chi connectivity index (χ3v) is 5.91. The average Bonchev–Trinajstić information content (AvgIpc) is 2.60. The third kappa shape index (κ3) is 22.0. The molecule has 0 spiro atoms. The maximum Gasteiger partial charge on any atom is 0.119 e. The van der Waals surface area contributed by atoms with Gasteiger partial charge in [0, 0.05) is 6.42 Å². The predicted octanol–water partition coefficient (Wildman–Crippen LogP) is 7.96. The lowest BCUT2D eigenvalue weighted by molar-refractivity contribution is -0.107. The second kappa shape index (κ2) is 23.0. The van der Waals surface area contributed by atoms with Crippen LogP contribution in [-0.2, 0) is 4.79 Å². The standard InChI is InChI=1S/C22H44OS/c1-2-3-4-5-6-7-8-9-10-12-15-18-21-24-22-19-16-13-11-14-17-20-23/h20H,2-19,21-22H2,1H3. The zero-order valence-electron chi connectivity index (χ0n) is 16.5. The van der Waals surface area contributed by atoms with E-state index in [1.54, 1.807) is 0 Å². The Morgan fingerprint density at radius 3 is 1.33 bits per heavy atom. The van der Waals surface area contributed by atoms with Crippen molar-refractivity contribution in [1.29, 1.82) is 0 Å². The van der Waals surface area contributed by atoms with Gasteiger partial charge in [-0.2, -0.15) is 11.8 Å². The summed E-state index contributed by atoms with van der Waals surface area (Å²) in [6.45, 7) is 2.29. The highest BCUT2D eigenvalue weighted by Gasteiger charge is 1.95.